The minimum Gasteiger partial charge on any atom is -0.464 e. The molecule has 0 amide bonds. The summed E-state index contributed by atoms with van der Waals surface area (Å²) >= 11 is 0. The monoisotopic (exact) mass is 216 g/mol. The van der Waals surface area contributed by atoms with Crippen LogP contribution in [0.5, 0.6) is 0 Å². The Labute approximate surface area is 95.5 Å². The Balaban J connectivity index is 1.99. The SMILES string of the molecule is CCc1ccc(CNc2cccnc2C)o1. The molecule has 16 heavy (non-hydrogen) atoms. The lowest BCUT2D eigenvalue weighted by Crippen LogP contribution is -2.00. The lowest BCUT2D eigenvalue weighted by molar-refractivity contribution is 0.476. The van der Waals surface area contributed by atoms with E-state index in [1.165, 1.54) is 0 Å². The molecule has 0 fully saturated rings. The molecule has 3 nitrogen and oxygen atoms in total. The van der Waals surface area contributed by atoms with Crippen LogP contribution in [0.4, 0.5) is 5.69 Å². The summed E-state index contributed by atoms with van der Waals surface area (Å²) in [6, 6.07) is 7.98. The summed E-state index contributed by atoms with van der Waals surface area (Å²) in [7, 11) is 0. The number of hydrogen-bond acceptors (Lipinski definition) is 3. The van der Waals surface area contributed by atoms with Crippen LogP contribution in [0.3, 0.4) is 0 Å². The fourth-order valence-electron chi connectivity index (χ4n) is 1.56. The van der Waals surface area contributed by atoms with Gasteiger partial charge in [0.1, 0.15) is 11.5 Å². The molecule has 0 aliphatic heterocycles. The van der Waals surface area contributed by atoms with Crippen molar-refractivity contribution in [2.24, 2.45) is 0 Å². The van der Waals surface area contributed by atoms with E-state index in [1.54, 1.807) is 6.20 Å². The van der Waals surface area contributed by atoms with Crippen molar-refractivity contribution in [1.82, 2.24) is 4.98 Å². The number of pyridine rings is 1. The second-order valence-electron chi connectivity index (χ2n) is 3.71. The van der Waals surface area contributed by atoms with Crippen LogP contribution in [0.1, 0.15) is 24.1 Å². The van der Waals surface area contributed by atoms with Crippen molar-refractivity contribution >= 4 is 5.69 Å². The van der Waals surface area contributed by atoms with Crippen molar-refractivity contribution in [3.63, 3.8) is 0 Å². The summed E-state index contributed by atoms with van der Waals surface area (Å²) in [4.78, 5) is 4.22. The van der Waals surface area contributed by atoms with Crippen molar-refractivity contribution in [3.8, 4) is 0 Å². The van der Waals surface area contributed by atoms with E-state index in [2.05, 4.69) is 17.2 Å². The summed E-state index contributed by atoms with van der Waals surface area (Å²) in [6.07, 6.45) is 2.73. The van der Waals surface area contributed by atoms with E-state index in [0.29, 0.717) is 6.54 Å². The van der Waals surface area contributed by atoms with Crippen LogP contribution in [0.25, 0.3) is 0 Å². The summed E-state index contributed by atoms with van der Waals surface area (Å²) in [5.74, 6) is 1.99. The molecule has 2 aromatic rings. The van der Waals surface area contributed by atoms with Crippen LogP contribution in [0.15, 0.2) is 34.9 Å². The molecule has 3 heteroatoms. The molecule has 0 spiro atoms. The molecule has 0 aliphatic carbocycles. The second kappa shape index (κ2) is 4.84. The van der Waals surface area contributed by atoms with Gasteiger partial charge in [-0.15, -0.1) is 0 Å². The Morgan fingerprint density at radius 2 is 2.06 bits per heavy atom. The Morgan fingerprint density at radius 3 is 2.75 bits per heavy atom. The molecule has 1 N–H and O–H groups in total. The molecule has 0 atom stereocenters. The number of rotatable bonds is 4. The Kier molecular flexibility index (Phi) is 3.25. The Morgan fingerprint density at radius 1 is 1.25 bits per heavy atom. The molecule has 84 valence electrons. The molecule has 0 aromatic carbocycles. The molecule has 2 aromatic heterocycles. The molecular weight excluding hydrogens is 200 g/mol. The van der Waals surface area contributed by atoms with Crippen LogP contribution < -0.4 is 5.32 Å². The number of aromatic nitrogens is 1. The predicted octanol–water partition coefficient (Wildman–Crippen LogP) is 3.16. The van der Waals surface area contributed by atoms with Gasteiger partial charge in [-0.1, -0.05) is 6.92 Å². The predicted molar refractivity (Wildman–Crippen MR) is 64.4 cm³/mol. The highest BCUT2D eigenvalue weighted by Crippen LogP contribution is 2.14. The molecule has 0 radical (unpaired) electrons. The number of hydrogen-bond donors (Lipinski definition) is 1. The average molecular weight is 216 g/mol. The van der Waals surface area contributed by atoms with Crippen molar-refractivity contribution < 1.29 is 4.42 Å². The van der Waals surface area contributed by atoms with Gasteiger partial charge in [-0.3, -0.25) is 4.98 Å². The van der Waals surface area contributed by atoms with Gasteiger partial charge in [0, 0.05) is 12.6 Å². The first kappa shape index (κ1) is 10.7. The van der Waals surface area contributed by atoms with Gasteiger partial charge < -0.3 is 9.73 Å². The van der Waals surface area contributed by atoms with Gasteiger partial charge in [-0.25, -0.2) is 0 Å². The van der Waals surface area contributed by atoms with Gasteiger partial charge in [0.25, 0.3) is 0 Å². The minimum absolute atomic E-state index is 0.701. The lowest BCUT2D eigenvalue weighted by Gasteiger charge is -2.06. The van der Waals surface area contributed by atoms with Crippen LogP contribution >= 0.6 is 0 Å². The zero-order valence-electron chi connectivity index (χ0n) is 9.66. The van der Waals surface area contributed by atoms with Crippen molar-refractivity contribution in [1.29, 1.82) is 0 Å². The molecule has 2 heterocycles. The topological polar surface area (TPSA) is 38.1 Å². The van der Waals surface area contributed by atoms with Crippen LogP contribution in [-0.4, -0.2) is 4.98 Å². The van der Waals surface area contributed by atoms with E-state index >= 15 is 0 Å². The van der Waals surface area contributed by atoms with Crippen LogP contribution in [0.2, 0.25) is 0 Å². The molecule has 0 bridgehead atoms. The van der Waals surface area contributed by atoms with Gasteiger partial charge in [-0.05, 0) is 31.2 Å². The fourth-order valence-corrected chi connectivity index (χ4v) is 1.56. The minimum atomic E-state index is 0.701. The maximum Gasteiger partial charge on any atom is 0.123 e. The molecule has 2 rings (SSSR count). The molecule has 0 aliphatic rings. The highest BCUT2D eigenvalue weighted by molar-refractivity contribution is 5.46. The first-order chi connectivity index (χ1) is 7.79. The second-order valence-corrected chi connectivity index (χ2v) is 3.71. The smallest absolute Gasteiger partial charge is 0.123 e. The highest BCUT2D eigenvalue weighted by Gasteiger charge is 2.01. The van der Waals surface area contributed by atoms with E-state index in [-0.39, 0.29) is 0 Å². The van der Waals surface area contributed by atoms with Gasteiger partial charge >= 0.3 is 0 Å². The van der Waals surface area contributed by atoms with Gasteiger partial charge in [0.2, 0.25) is 0 Å². The zero-order valence-corrected chi connectivity index (χ0v) is 9.66. The average Bonchev–Trinajstić information content (AvgIpc) is 2.76. The highest BCUT2D eigenvalue weighted by atomic mass is 16.3. The number of furan rings is 1. The Hall–Kier alpha value is -1.77. The van der Waals surface area contributed by atoms with Crippen molar-refractivity contribution in [2.45, 2.75) is 26.8 Å². The van der Waals surface area contributed by atoms with E-state index in [4.69, 9.17) is 4.42 Å². The van der Waals surface area contributed by atoms with Gasteiger partial charge in [0.05, 0.1) is 17.9 Å². The standard InChI is InChI=1S/C13H16N2O/c1-3-11-6-7-12(16-11)9-15-13-5-4-8-14-10(13)2/h4-8,15H,3,9H2,1-2H3. The maximum absolute atomic E-state index is 5.61. The van der Waals surface area contributed by atoms with Crippen molar-refractivity contribution in [2.75, 3.05) is 5.32 Å². The summed E-state index contributed by atoms with van der Waals surface area (Å²) < 4.78 is 5.61. The van der Waals surface area contributed by atoms with E-state index in [1.807, 2.05) is 31.2 Å². The van der Waals surface area contributed by atoms with Gasteiger partial charge in [-0.2, -0.15) is 0 Å². The normalized spacial score (nSPS) is 10.4. The van der Waals surface area contributed by atoms with Crippen LogP contribution in [0, 0.1) is 6.92 Å². The molecule has 0 saturated carbocycles. The first-order valence-corrected chi connectivity index (χ1v) is 5.52. The van der Waals surface area contributed by atoms with E-state index in [9.17, 15) is 0 Å². The van der Waals surface area contributed by atoms with E-state index in [0.717, 1.165) is 29.3 Å². The summed E-state index contributed by atoms with van der Waals surface area (Å²) in [5.41, 5.74) is 2.06. The summed E-state index contributed by atoms with van der Waals surface area (Å²) in [5, 5.41) is 3.31. The fraction of sp³-hybridized carbons (Fsp3) is 0.308. The molecular formula is C13H16N2O. The number of nitrogens with zero attached hydrogens (tertiary/aromatic N) is 1. The van der Waals surface area contributed by atoms with E-state index < -0.39 is 0 Å². The first-order valence-electron chi connectivity index (χ1n) is 5.52. The van der Waals surface area contributed by atoms with Crippen molar-refractivity contribution in [3.05, 3.63) is 47.7 Å². The third kappa shape index (κ3) is 2.42. The molecule has 0 saturated heterocycles. The molecule has 0 unspecified atom stereocenters. The quantitative estimate of drug-likeness (QED) is 0.853. The maximum atomic E-state index is 5.61. The lowest BCUT2D eigenvalue weighted by atomic mass is 10.3. The summed E-state index contributed by atoms with van der Waals surface area (Å²) in [6.45, 7) is 4.77. The third-order valence-electron chi connectivity index (χ3n) is 2.53. The Bertz CT molecular complexity index is 462. The third-order valence-corrected chi connectivity index (χ3v) is 2.53. The van der Waals surface area contributed by atoms with Crippen LogP contribution in [-0.2, 0) is 13.0 Å². The van der Waals surface area contributed by atoms with Gasteiger partial charge in [0.15, 0.2) is 0 Å². The zero-order chi connectivity index (χ0) is 11.4. The number of aryl methyl sites for hydroxylation is 2. The number of nitrogens with one attached hydrogen (secondary N) is 1. The number of anilines is 1. The largest absolute Gasteiger partial charge is 0.464 e.